The molecule has 3 amide bonds. The number of methoxy groups -OCH3 is 1. The molecule has 262 valence electrons. The van der Waals surface area contributed by atoms with E-state index < -0.39 is 23.7 Å². The molecule has 3 aromatic carbocycles. The van der Waals surface area contributed by atoms with Crippen LogP contribution in [-0.4, -0.2) is 54.2 Å². The molecule has 6 unspecified atom stereocenters. The lowest BCUT2D eigenvalue weighted by Gasteiger charge is -2.43. The lowest BCUT2D eigenvalue weighted by Crippen LogP contribution is -2.42. The summed E-state index contributed by atoms with van der Waals surface area (Å²) in [4.78, 5) is 70.4. The van der Waals surface area contributed by atoms with Gasteiger partial charge in [-0.1, -0.05) is 29.0 Å². The Bertz CT molecular complexity index is 2120. The van der Waals surface area contributed by atoms with E-state index >= 15 is 0 Å². The van der Waals surface area contributed by atoms with E-state index in [0.29, 0.717) is 33.5 Å². The summed E-state index contributed by atoms with van der Waals surface area (Å²) in [5, 5.41) is 4.11. The van der Waals surface area contributed by atoms with E-state index in [4.69, 9.17) is 25.8 Å². The summed E-state index contributed by atoms with van der Waals surface area (Å²) in [6.45, 7) is 1.70. The molecule has 2 bridgehead atoms. The number of hydrogen-bond donors (Lipinski definition) is 2. The number of amides is 3. The molecule has 0 spiro atoms. The summed E-state index contributed by atoms with van der Waals surface area (Å²) in [6, 6.07) is 18.7. The fourth-order valence-electron chi connectivity index (χ4n) is 8.48. The van der Waals surface area contributed by atoms with Crippen molar-refractivity contribution in [3.05, 3.63) is 97.4 Å². The highest BCUT2D eigenvalue weighted by Crippen LogP contribution is 2.68. The number of benzene rings is 3. The van der Waals surface area contributed by atoms with Crippen LogP contribution in [0.2, 0.25) is 5.02 Å². The van der Waals surface area contributed by atoms with E-state index in [2.05, 4.69) is 10.3 Å². The highest BCUT2D eigenvalue weighted by atomic mass is 35.5. The van der Waals surface area contributed by atoms with E-state index in [1.54, 1.807) is 73.3 Å². The molecule has 1 saturated heterocycles. The molecule has 11 nitrogen and oxygen atoms in total. The Labute approximate surface area is 305 Å². The van der Waals surface area contributed by atoms with E-state index in [-0.39, 0.29) is 58.8 Å². The number of halogens is 1. The zero-order chi connectivity index (χ0) is 35.6. The van der Waals surface area contributed by atoms with Crippen LogP contribution < -0.4 is 24.6 Å². The van der Waals surface area contributed by atoms with E-state index in [9.17, 15) is 24.0 Å². The number of nitrogens with zero attached hydrogens (tertiary/aromatic N) is 1. The molecular formula is C37H32ClN3O8S2. The van der Waals surface area contributed by atoms with Crippen LogP contribution in [0.3, 0.4) is 0 Å². The standard InChI is InChI=1S/C37H32ClN3O8S2/c1-3-48-36(45)17-4-9-20(10-5-17)39-26(42)16-49-24-13-6-18(14-25(24)47-2)27-28-22-15-23(31(28)50-33-32(27)51-37(46)40-33)30-29(22)34(43)41(35(30)44)21-11-7-19(38)8-12-21/h4-14,22-23,27-31H,3,15-16H2,1-2H3,(H,39,42)(H,40,46)/t22?,23?,27-,28?,29?,30?,31?/m1/s1. The molecule has 7 atom stereocenters. The number of carbonyl (C=O) groups is 4. The van der Waals surface area contributed by atoms with Gasteiger partial charge in [-0.05, 0) is 97.3 Å². The van der Waals surface area contributed by atoms with Crippen molar-refractivity contribution in [3.8, 4) is 11.5 Å². The van der Waals surface area contributed by atoms with Crippen molar-refractivity contribution in [1.29, 1.82) is 0 Å². The largest absolute Gasteiger partial charge is 0.493 e. The minimum atomic E-state index is -0.441. The minimum absolute atomic E-state index is 0.000382. The van der Waals surface area contributed by atoms with Gasteiger partial charge in [0.1, 0.15) is 0 Å². The number of nitrogens with one attached hydrogen (secondary N) is 2. The number of aromatic amines is 1. The molecule has 4 aromatic rings. The number of fused-ring (bicyclic) bond motifs is 9. The zero-order valence-corrected chi connectivity index (χ0v) is 29.8. The molecule has 1 aromatic heterocycles. The van der Waals surface area contributed by atoms with Crippen molar-refractivity contribution in [2.45, 2.75) is 29.5 Å². The van der Waals surface area contributed by atoms with Crippen molar-refractivity contribution in [2.75, 3.05) is 30.5 Å². The van der Waals surface area contributed by atoms with Crippen molar-refractivity contribution < 1.29 is 33.4 Å². The Morgan fingerprint density at radius 3 is 2.39 bits per heavy atom. The minimum Gasteiger partial charge on any atom is -0.493 e. The van der Waals surface area contributed by atoms with E-state index in [1.165, 1.54) is 23.3 Å². The third-order valence-electron chi connectivity index (χ3n) is 10.4. The average molecular weight is 746 g/mol. The normalized spacial score (nSPS) is 25.6. The van der Waals surface area contributed by atoms with Crippen LogP contribution in [0.1, 0.15) is 40.1 Å². The molecule has 2 N–H and O–H groups in total. The predicted molar refractivity (Wildman–Crippen MR) is 192 cm³/mol. The third kappa shape index (κ3) is 5.71. The highest BCUT2D eigenvalue weighted by molar-refractivity contribution is 8.00. The second kappa shape index (κ2) is 13.2. The van der Waals surface area contributed by atoms with Crippen molar-refractivity contribution in [3.63, 3.8) is 0 Å². The summed E-state index contributed by atoms with van der Waals surface area (Å²) in [7, 11) is 1.52. The van der Waals surface area contributed by atoms with Gasteiger partial charge in [0.15, 0.2) is 18.1 Å². The van der Waals surface area contributed by atoms with Gasteiger partial charge in [-0.15, -0.1) is 11.8 Å². The van der Waals surface area contributed by atoms with Gasteiger partial charge in [-0.2, -0.15) is 0 Å². The summed E-state index contributed by atoms with van der Waals surface area (Å²) >= 11 is 8.89. The predicted octanol–water partition coefficient (Wildman–Crippen LogP) is 5.97. The molecule has 0 radical (unpaired) electrons. The monoisotopic (exact) mass is 745 g/mol. The van der Waals surface area contributed by atoms with Crippen molar-refractivity contribution in [2.24, 2.45) is 29.6 Å². The van der Waals surface area contributed by atoms with Crippen LogP contribution in [0.5, 0.6) is 11.5 Å². The maximum absolute atomic E-state index is 14.0. The maximum Gasteiger partial charge on any atom is 0.338 e. The molecule has 2 aliphatic heterocycles. The fraction of sp³-hybridized carbons (Fsp3) is 0.324. The number of imide groups is 1. The second-order valence-corrected chi connectivity index (χ2v) is 15.6. The molecule has 3 fully saturated rings. The van der Waals surface area contributed by atoms with Gasteiger partial charge < -0.3 is 24.5 Å². The second-order valence-electron chi connectivity index (χ2n) is 13.0. The molecular weight excluding hydrogens is 714 g/mol. The molecule has 4 aliphatic rings. The summed E-state index contributed by atoms with van der Waals surface area (Å²) in [5.41, 5.74) is 2.30. The lowest BCUT2D eigenvalue weighted by molar-refractivity contribution is -0.123. The van der Waals surface area contributed by atoms with Crippen molar-refractivity contribution >= 4 is 69.8 Å². The molecule has 2 aliphatic carbocycles. The number of rotatable bonds is 9. The van der Waals surface area contributed by atoms with Crippen molar-refractivity contribution in [1.82, 2.24) is 4.98 Å². The summed E-state index contributed by atoms with van der Waals surface area (Å²) in [5.74, 6) is -1.55. The van der Waals surface area contributed by atoms with Gasteiger partial charge in [-0.3, -0.25) is 24.1 Å². The topological polar surface area (TPSA) is 144 Å². The molecule has 8 rings (SSSR count). The number of anilines is 2. The number of thioether (sulfide) groups is 1. The molecule has 14 heteroatoms. The van der Waals surface area contributed by atoms with Crippen LogP contribution >= 0.6 is 34.7 Å². The highest BCUT2D eigenvalue weighted by Gasteiger charge is 2.69. The SMILES string of the molecule is CCOC(=O)c1ccc(NC(=O)COc2ccc([C@H]3c4sc(=O)[nH]c4SC4C5CC(C6C(=O)N(c7ccc(Cl)cc7)C(=O)C56)C43)cc2OC)cc1. The Morgan fingerprint density at radius 1 is 0.961 bits per heavy atom. The van der Waals surface area contributed by atoms with E-state index in [1.807, 2.05) is 12.1 Å². The fourth-order valence-corrected chi connectivity index (χ4v) is 11.5. The first-order valence-corrected chi connectivity index (χ1v) is 18.6. The number of thiazole rings is 1. The lowest BCUT2D eigenvalue weighted by atomic mass is 9.68. The summed E-state index contributed by atoms with van der Waals surface area (Å²) < 4.78 is 16.6. The van der Waals surface area contributed by atoms with Crippen LogP contribution in [0.15, 0.2) is 76.6 Å². The van der Waals surface area contributed by atoms with Gasteiger partial charge in [0, 0.05) is 26.8 Å². The average Bonchev–Trinajstić information content (AvgIpc) is 3.87. The first kappa shape index (κ1) is 33.5. The molecule has 3 heterocycles. The third-order valence-corrected chi connectivity index (χ3v) is 13.2. The number of esters is 1. The van der Waals surface area contributed by atoms with Gasteiger partial charge in [0.05, 0.1) is 41.8 Å². The first-order valence-electron chi connectivity index (χ1n) is 16.6. The Balaban J connectivity index is 1.03. The molecule has 2 saturated carbocycles. The number of aromatic nitrogens is 1. The van der Waals surface area contributed by atoms with Gasteiger partial charge in [0.2, 0.25) is 11.8 Å². The number of carbonyl (C=O) groups excluding carboxylic acids is 4. The quantitative estimate of drug-likeness (QED) is 0.156. The maximum atomic E-state index is 14.0. The van der Waals surface area contributed by atoms with Gasteiger partial charge >= 0.3 is 10.8 Å². The number of hydrogen-bond acceptors (Lipinski definition) is 10. The van der Waals surface area contributed by atoms with Crippen LogP contribution in [-0.2, 0) is 19.1 Å². The Morgan fingerprint density at radius 2 is 1.69 bits per heavy atom. The summed E-state index contributed by atoms with van der Waals surface area (Å²) in [6.07, 6.45) is 0.762. The Hall–Kier alpha value is -4.59. The zero-order valence-electron chi connectivity index (χ0n) is 27.4. The van der Waals surface area contributed by atoms with E-state index in [0.717, 1.165) is 21.9 Å². The van der Waals surface area contributed by atoms with Crippen LogP contribution in [0.4, 0.5) is 11.4 Å². The van der Waals surface area contributed by atoms with Gasteiger partial charge in [0.25, 0.3) is 5.91 Å². The van der Waals surface area contributed by atoms with Crippen LogP contribution in [0, 0.1) is 29.6 Å². The van der Waals surface area contributed by atoms with Crippen LogP contribution in [0.25, 0.3) is 0 Å². The smallest absolute Gasteiger partial charge is 0.338 e. The number of ether oxygens (including phenoxy) is 3. The first-order chi connectivity index (χ1) is 24.7. The number of H-pyrrole nitrogens is 1. The molecule has 51 heavy (non-hydrogen) atoms. The van der Waals surface area contributed by atoms with Gasteiger partial charge in [-0.25, -0.2) is 4.79 Å². The Kier molecular flexibility index (Phi) is 8.67.